The number of aliphatic hydroxyl groups excluding tert-OH is 1. The van der Waals surface area contributed by atoms with E-state index < -0.39 is 11.9 Å². The number of anilines is 1. The van der Waals surface area contributed by atoms with Crippen molar-refractivity contribution < 1.29 is 19.0 Å². The van der Waals surface area contributed by atoms with Gasteiger partial charge in [-0.3, -0.25) is 4.79 Å². The zero-order chi connectivity index (χ0) is 15.5. The Bertz CT molecular complexity index is 689. The van der Waals surface area contributed by atoms with Gasteiger partial charge in [0.2, 0.25) is 5.91 Å². The highest BCUT2D eigenvalue weighted by Gasteiger charge is 2.25. The first-order chi connectivity index (χ1) is 10.6. The third-order valence-electron chi connectivity index (χ3n) is 3.63. The zero-order valence-corrected chi connectivity index (χ0v) is 11.9. The summed E-state index contributed by atoms with van der Waals surface area (Å²) in [5, 5.41) is 10.1. The van der Waals surface area contributed by atoms with Crippen LogP contribution in [0.4, 0.5) is 10.1 Å². The largest absolute Gasteiger partial charge is 0.490 e. The Morgan fingerprint density at radius 2 is 2.09 bits per heavy atom. The molecule has 0 fully saturated rings. The van der Waals surface area contributed by atoms with Crippen LogP contribution >= 0.6 is 0 Å². The first-order valence-corrected chi connectivity index (χ1v) is 7.11. The van der Waals surface area contributed by atoms with Crippen LogP contribution in [0.2, 0.25) is 0 Å². The average Bonchev–Trinajstić information content (AvgIpc) is 2.54. The number of hydrogen-bond donors (Lipinski definition) is 1. The van der Waals surface area contributed by atoms with Crippen molar-refractivity contribution in [1.82, 2.24) is 0 Å². The van der Waals surface area contributed by atoms with Gasteiger partial charge in [-0.2, -0.15) is 0 Å². The number of hydrogen-bond acceptors (Lipinski definition) is 3. The summed E-state index contributed by atoms with van der Waals surface area (Å²) in [4.78, 5) is 14.0. The summed E-state index contributed by atoms with van der Waals surface area (Å²) in [5.74, 6) is 0.00979. The molecule has 0 saturated heterocycles. The van der Waals surface area contributed by atoms with E-state index in [1.807, 2.05) is 12.1 Å². The number of para-hydroxylation sites is 2. The highest BCUT2D eigenvalue weighted by Crippen LogP contribution is 2.32. The zero-order valence-electron chi connectivity index (χ0n) is 11.9. The summed E-state index contributed by atoms with van der Waals surface area (Å²) < 4.78 is 18.7. The fraction of sp³-hybridized carbons (Fsp3) is 0.235. The van der Waals surface area contributed by atoms with Crippen molar-refractivity contribution in [3.8, 4) is 5.75 Å². The summed E-state index contributed by atoms with van der Waals surface area (Å²) in [6.07, 6.45) is -1.13. The normalized spacial score (nSPS) is 14.9. The second kappa shape index (κ2) is 6.15. The molecule has 3 rings (SSSR count). The maximum atomic E-state index is 13.2. The Morgan fingerprint density at radius 1 is 1.27 bits per heavy atom. The van der Waals surface area contributed by atoms with Gasteiger partial charge in [-0.15, -0.1) is 0 Å². The van der Waals surface area contributed by atoms with Gasteiger partial charge in [0.05, 0.1) is 24.8 Å². The average molecular weight is 301 g/mol. The molecular formula is C17H16FNO3. The number of aliphatic hydroxyl groups is 1. The molecule has 0 aliphatic carbocycles. The van der Waals surface area contributed by atoms with Gasteiger partial charge in [-0.1, -0.05) is 24.3 Å². The van der Waals surface area contributed by atoms with Crippen LogP contribution in [-0.2, 0) is 4.79 Å². The quantitative estimate of drug-likeness (QED) is 0.948. The molecular weight excluding hydrogens is 285 g/mol. The molecule has 114 valence electrons. The van der Waals surface area contributed by atoms with Crippen molar-refractivity contribution in [2.45, 2.75) is 12.5 Å². The number of halogens is 1. The van der Waals surface area contributed by atoms with Crippen molar-refractivity contribution in [3.63, 3.8) is 0 Å². The predicted octanol–water partition coefficient (Wildman–Crippen LogP) is 2.67. The van der Waals surface area contributed by atoms with Gasteiger partial charge in [-0.05, 0) is 29.8 Å². The molecule has 0 radical (unpaired) electrons. The van der Waals surface area contributed by atoms with Crippen LogP contribution in [0.25, 0.3) is 0 Å². The molecule has 0 saturated carbocycles. The van der Waals surface area contributed by atoms with Gasteiger partial charge >= 0.3 is 0 Å². The predicted molar refractivity (Wildman–Crippen MR) is 80.3 cm³/mol. The molecule has 1 aliphatic heterocycles. The molecule has 1 unspecified atom stereocenters. The maximum Gasteiger partial charge on any atom is 0.230 e. The molecule has 0 bridgehead atoms. The van der Waals surface area contributed by atoms with E-state index in [2.05, 4.69) is 0 Å². The third kappa shape index (κ3) is 2.94. The number of rotatable bonds is 3. The highest BCUT2D eigenvalue weighted by atomic mass is 19.1. The number of amides is 1. The minimum Gasteiger partial charge on any atom is -0.490 e. The van der Waals surface area contributed by atoms with Gasteiger partial charge in [0.15, 0.2) is 0 Å². The van der Waals surface area contributed by atoms with E-state index in [1.165, 1.54) is 18.2 Å². The van der Waals surface area contributed by atoms with E-state index >= 15 is 0 Å². The molecule has 2 aromatic rings. The minimum atomic E-state index is -1.03. The number of carbonyl (C=O) groups is 1. The molecule has 1 atom stereocenters. The van der Waals surface area contributed by atoms with Gasteiger partial charge in [-0.25, -0.2) is 4.39 Å². The maximum absolute atomic E-state index is 13.2. The summed E-state index contributed by atoms with van der Waals surface area (Å²) in [7, 11) is 0. The lowest BCUT2D eigenvalue weighted by molar-refractivity contribution is -0.120. The second-order valence-electron chi connectivity index (χ2n) is 5.14. The SMILES string of the molecule is O=C(CC(O)c1cccc(F)c1)N1CCOc2ccccc21. The molecule has 1 aliphatic rings. The fourth-order valence-electron chi connectivity index (χ4n) is 2.54. The Kier molecular flexibility index (Phi) is 4.06. The summed E-state index contributed by atoms with van der Waals surface area (Å²) in [5.41, 5.74) is 1.10. The first kappa shape index (κ1) is 14.5. The van der Waals surface area contributed by atoms with E-state index in [0.29, 0.717) is 30.2 Å². The number of carbonyl (C=O) groups excluding carboxylic acids is 1. The summed E-state index contributed by atoms with van der Waals surface area (Å²) in [6, 6.07) is 12.9. The molecule has 5 heteroatoms. The Labute approximate surface area is 127 Å². The van der Waals surface area contributed by atoms with Gasteiger partial charge in [0, 0.05) is 0 Å². The third-order valence-corrected chi connectivity index (χ3v) is 3.63. The van der Waals surface area contributed by atoms with Crippen molar-refractivity contribution in [3.05, 3.63) is 59.9 Å². The number of nitrogens with zero attached hydrogens (tertiary/aromatic N) is 1. The lowest BCUT2D eigenvalue weighted by atomic mass is 10.1. The van der Waals surface area contributed by atoms with Crippen LogP contribution in [-0.4, -0.2) is 24.2 Å². The Morgan fingerprint density at radius 3 is 2.91 bits per heavy atom. The highest BCUT2D eigenvalue weighted by molar-refractivity contribution is 5.95. The molecule has 2 aromatic carbocycles. The summed E-state index contributed by atoms with van der Waals surface area (Å²) in [6.45, 7) is 0.852. The van der Waals surface area contributed by atoms with Crippen LogP contribution in [0.15, 0.2) is 48.5 Å². The molecule has 0 spiro atoms. The van der Waals surface area contributed by atoms with Crippen LogP contribution in [0.1, 0.15) is 18.1 Å². The van der Waals surface area contributed by atoms with E-state index in [4.69, 9.17) is 4.74 Å². The molecule has 4 nitrogen and oxygen atoms in total. The van der Waals surface area contributed by atoms with E-state index in [0.717, 1.165) is 0 Å². The standard InChI is InChI=1S/C17H16FNO3/c18-13-5-3-4-12(10-13)15(20)11-17(21)19-8-9-22-16-7-2-1-6-14(16)19/h1-7,10,15,20H,8-9,11H2. The second-order valence-corrected chi connectivity index (χ2v) is 5.14. The number of benzene rings is 2. The Hall–Kier alpha value is -2.40. The molecule has 1 N–H and O–H groups in total. The van der Waals surface area contributed by atoms with Crippen LogP contribution < -0.4 is 9.64 Å². The van der Waals surface area contributed by atoms with Gasteiger partial charge in [0.1, 0.15) is 18.2 Å². The van der Waals surface area contributed by atoms with Crippen molar-refractivity contribution in [2.75, 3.05) is 18.1 Å². The van der Waals surface area contributed by atoms with Crippen molar-refractivity contribution in [1.29, 1.82) is 0 Å². The van der Waals surface area contributed by atoms with E-state index in [1.54, 1.807) is 23.1 Å². The smallest absolute Gasteiger partial charge is 0.230 e. The van der Waals surface area contributed by atoms with Crippen molar-refractivity contribution in [2.24, 2.45) is 0 Å². The first-order valence-electron chi connectivity index (χ1n) is 7.11. The van der Waals surface area contributed by atoms with Crippen molar-refractivity contribution >= 4 is 11.6 Å². The van der Waals surface area contributed by atoms with E-state index in [-0.39, 0.29) is 12.3 Å². The number of ether oxygens (including phenoxy) is 1. The molecule has 22 heavy (non-hydrogen) atoms. The molecule has 1 amide bonds. The van der Waals surface area contributed by atoms with Crippen LogP contribution in [0.3, 0.4) is 0 Å². The lowest BCUT2D eigenvalue weighted by Gasteiger charge is -2.30. The molecule has 0 aromatic heterocycles. The van der Waals surface area contributed by atoms with Crippen LogP contribution in [0.5, 0.6) is 5.75 Å². The van der Waals surface area contributed by atoms with Gasteiger partial charge < -0.3 is 14.7 Å². The number of fused-ring (bicyclic) bond motifs is 1. The monoisotopic (exact) mass is 301 g/mol. The van der Waals surface area contributed by atoms with Gasteiger partial charge in [0.25, 0.3) is 0 Å². The summed E-state index contributed by atoms with van der Waals surface area (Å²) >= 11 is 0. The minimum absolute atomic E-state index is 0.0994. The lowest BCUT2D eigenvalue weighted by Crippen LogP contribution is -2.38. The topological polar surface area (TPSA) is 49.8 Å². The van der Waals surface area contributed by atoms with E-state index in [9.17, 15) is 14.3 Å². The fourth-order valence-corrected chi connectivity index (χ4v) is 2.54. The Balaban J connectivity index is 1.75. The molecule has 1 heterocycles. The van der Waals surface area contributed by atoms with Crippen LogP contribution in [0, 0.1) is 5.82 Å².